The van der Waals surface area contributed by atoms with Gasteiger partial charge in [0.25, 0.3) is 10.0 Å². The van der Waals surface area contributed by atoms with E-state index in [1.165, 1.54) is 44.6 Å². The normalized spacial score (nSPS) is 11.9. The van der Waals surface area contributed by atoms with Crippen LogP contribution in [0.15, 0.2) is 17.6 Å². The first-order valence-electron chi connectivity index (χ1n) is 6.08. The van der Waals surface area contributed by atoms with Gasteiger partial charge in [0, 0.05) is 12.7 Å². The van der Waals surface area contributed by atoms with Crippen molar-refractivity contribution in [3.63, 3.8) is 0 Å². The largest absolute Gasteiger partial charge is 0.336 e. The molecule has 1 aromatic rings. The molecular weight excluding hydrogens is 238 g/mol. The van der Waals surface area contributed by atoms with Gasteiger partial charge in [0.15, 0.2) is 5.03 Å². The van der Waals surface area contributed by atoms with Gasteiger partial charge in [0.2, 0.25) is 0 Å². The molecule has 0 aliphatic carbocycles. The van der Waals surface area contributed by atoms with Crippen molar-refractivity contribution in [2.45, 2.75) is 57.0 Å². The van der Waals surface area contributed by atoms with Gasteiger partial charge in [-0.1, -0.05) is 39.0 Å². The number of primary sulfonamides is 1. The van der Waals surface area contributed by atoms with Gasteiger partial charge in [-0.2, -0.15) is 0 Å². The quantitative estimate of drug-likeness (QED) is 0.724. The molecule has 0 spiro atoms. The number of aryl methyl sites for hydroxylation is 1. The molecule has 0 radical (unpaired) electrons. The molecule has 17 heavy (non-hydrogen) atoms. The van der Waals surface area contributed by atoms with Crippen LogP contribution in [-0.4, -0.2) is 18.0 Å². The minimum Gasteiger partial charge on any atom is -0.336 e. The maximum absolute atomic E-state index is 11.0. The van der Waals surface area contributed by atoms with Gasteiger partial charge in [0.1, 0.15) is 0 Å². The number of imidazole rings is 1. The van der Waals surface area contributed by atoms with Crippen molar-refractivity contribution < 1.29 is 8.42 Å². The number of hydrogen-bond donors (Lipinski definition) is 1. The van der Waals surface area contributed by atoms with E-state index < -0.39 is 10.0 Å². The van der Waals surface area contributed by atoms with E-state index in [-0.39, 0.29) is 5.03 Å². The Morgan fingerprint density at radius 1 is 1.24 bits per heavy atom. The van der Waals surface area contributed by atoms with E-state index in [2.05, 4.69) is 11.9 Å². The van der Waals surface area contributed by atoms with Gasteiger partial charge in [-0.15, -0.1) is 0 Å². The van der Waals surface area contributed by atoms with Gasteiger partial charge in [-0.25, -0.2) is 18.5 Å². The molecule has 0 saturated heterocycles. The number of unbranched alkanes of at least 4 members (excludes halogenated alkanes) is 5. The lowest BCUT2D eigenvalue weighted by Crippen LogP contribution is -2.12. The van der Waals surface area contributed by atoms with E-state index in [0.717, 1.165) is 13.0 Å². The Hall–Kier alpha value is -0.880. The number of rotatable bonds is 8. The molecule has 0 saturated carbocycles. The topological polar surface area (TPSA) is 78.0 Å². The summed E-state index contributed by atoms with van der Waals surface area (Å²) in [5.41, 5.74) is 0. The average Bonchev–Trinajstić information content (AvgIpc) is 2.71. The minimum absolute atomic E-state index is 0.0523. The summed E-state index contributed by atoms with van der Waals surface area (Å²) >= 11 is 0. The molecule has 0 unspecified atom stereocenters. The molecule has 1 aromatic heterocycles. The fourth-order valence-corrected chi connectivity index (χ4v) is 2.16. The molecule has 6 heteroatoms. The molecule has 0 aromatic carbocycles. The van der Waals surface area contributed by atoms with Crippen LogP contribution in [0, 0.1) is 0 Å². The molecule has 1 heterocycles. The summed E-state index contributed by atoms with van der Waals surface area (Å²) in [6.45, 7) is 2.99. The van der Waals surface area contributed by atoms with Crippen LogP contribution in [0.3, 0.4) is 0 Å². The lowest BCUT2D eigenvalue weighted by atomic mass is 10.1. The SMILES string of the molecule is CCCCCCCCn1cnc(S(N)(=O)=O)c1. The van der Waals surface area contributed by atoms with E-state index in [9.17, 15) is 8.42 Å². The zero-order valence-electron chi connectivity index (χ0n) is 10.3. The predicted octanol–water partition coefficient (Wildman–Crippen LogP) is 1.89. The van der Waals surface area contributed by atoms with Crippen molar-refractivity contribution in [3.05, 3.63) is 12.5 Å². The lowest BCUT2D eigenvalue weighted by Gasteiger charge is -2.01. The smallest absolute Gasteiger partial charge is 0.257 e. The fraction of sp³-hybridized carbons (Fsp3) is 0.727. The van der Waals surface area contributed by atoms with Crippen LogP contribution in [0.5, 0.6) is 0 Å². The Balaban J connectivity index is 2.26. The molecule has 5 nitrogen and oxygen atoms in total. The Bertz CT molecular complexity index is 426. The minimum atomic E-state index is -3.66. The van der Waals surface area contributed by atoms with Crippen LogP contribution >= 0.6 is 0 Å². The number of nitrogens with zero attached hydrogens (tertiary/aromatic N) is 2. The van der Waals surface area contributed by atoms with E-state index in [4.69, 9.17) is 5.14 Å². The van der Waals surface area contributed by atoms with E-state index >= 15 is 0 Å². The highest BCUT2D eigenvalue weighted by atomic mass is 32.2. The summed E-state index contributed by atoms with van der Waals surface area (Å²) in [6, 6.07) is 0. The second kappa shape index (κ2) is 6.76. The highest BCUT2D eigenvalue weighted by molar-refractivity contribution is 7.89. The summed E-state index contributed by atoms with van der Waals surface area (Å²) in [7, 11) is -3.66. The fourth-order valence-electron chi connectivity index (χ4n) is 1.68. The first kappa shape index (κ1) is 14.2. The molecule has 2 N–H and O–H groups in total. The third-order valence-electron chi connectivity index (χ3n) is 2.67. The standard InChI is InChI=1S/C11H21N3O2S/c1-2-3-4-5-6-7-8-14-9-11(13-10-14)17(12,15)16/h9-10H,2-8H2,1H3,(H2,12,15,16). The Labute approximate surface area is 103 Å². The molecule has 0 amide bonds. The molecule has 98 valence electrons. The molecule has 1 rings (SSSR count). The van der Waals surface area contributed by atoms with Crippen LogP contribution in [0.1, 0.15) is 45.4 Å². The van der Waals surface area contributed by atoms with Crippen LogP contribution < -0.4 is 5.14 Å². The highest BCUT2D eigenvalue weighted by Gasteiger charge is 2.10. The summed E-state index contributed by atoms with van der Waals surface area (Å²) in [6.07, 6.45) is 10.3. The van der Waals surface area contributed by atoms with Crippen molar-refractivity contribution in [1.29, 1.82) is 0 Å². The summed E-state index contributed by atoms with van der Waals surface area (Å²) in [5, 5.41) is 4.92. The summed E-state index contributed by atoms with van der Waals surface area (Å²) < 4.78 is 23.8. The monoisotopic (exact) mass is 259 g/mol. The van der Waals surface area contributed by atoms with Crippen LogP contribution in [-0.2, 0) is 16.6 Å². The molecule has 0 aliphatic heterocycles. The van der Waals surface area contributed by atoms with E-state index in [1.54, 1.807) is 4.57 Å². The lowest BCUT2D eigenvalue weighted by molar-refractivity contribution is 0.557. The van der Waals surface area contributed by atoms with Gasteiger partial charge < -0.3 is 4.57 Å². The third kappa shape index (κ3) is 5.32. The number of nitrogens with two attached hydrogens (primary N) is 1. The second-order valence-electron chi connectivity index (χ2n) is 4.26. The Morgan fingerprint density at radius 2 is 1.88 bits per heavy atom. The Morgan fingerprint density at radius 3 is 2.47 bits per heavy atom. The first-order chi connectivity index (χ1) is 8.04. The number of hydrogen-bond acceptors (Lipinski definition) is 3. The van der Waals surface area contributed by atoms with Crippen LogP contribution in [0.2, 0.25) is 0 Å². The predicted molar refractivity (Wildman–Crippen MR) is 67.0 cm³/mol. The summed E-state index contributed by atoms with van der Waals surface area (Å²) in [4.78, 5) is 3.77. The summed E-state index contributed by atoms with van der Waals surface area (Å²) in [5.74, 6) is 0. The maximum Gasteiger partial charge on any atom is 0.257 e. The van der Waals surface area contributed by atoms with Crippen molar-refractivity contribution in [3.8, 4) is 0 Å². The van der Waals surface area contributed by atoms with E-state index in [1.807, 2.05) is 0 Å². The van der Waals surface area contributed by atoms with Gasteiger partial charge in [0.05, 0.1) is 6.33 Å². The molecule has 0 aliphatic rings. The molecule has 0 fully saturated rings. The number of aromatic nitrogens is 2. The van der Waals surface area contributed by atoms with Crippen molar-refractivity contribution in [2.24, 2.45) is 5.14 Å². The van der Waals surface area contributed by atoms with Gasteiger partial charge in [-0.05, 0) is 6.42 Å². The third-order valence-corrected chi connectivity index (χ3v) is 3.46. The first-order valence-corrected chi connectivity index (χ1v) is 7.63. The van der Waals surface area contributed by atoms with E-state index in [0.29, 0.717) is 0 Å². The molecular formula is C11H21N3O2S. The average molecular weight is 259 g/mol. The van der Waals surface area contributed by atoms with Crippen molar-refractivity contribution in [2.75, 3.05) is 0 Å². The Kier molecular flexibility index (Phi) is 5.64. The van der Waals surface area contributed by atoms with Crippen molar-refractivity contribution >= 4 is 10.0 Å². The molecule has 0 atom stereocenters. The van der Waals surface area contributed by atoms with Crippen LogP contribution in [0.4, 0.5) is 0 Å². The highest BCUT2D eigenvalue weighted by Crippen LogP contribution is 2.08. The zero-order valence-corrected chi connectivity index (χ0v) is 11.1. The van der Waals surface area contributed by atoms with Gasteiger partial charge >= 0.3 is 0 Å². The zero-order chi connectivity index (χ0) is 12.7. The second-order valence-corrected chi connectivity index (χ2v) is 5.77. The van der Waals surface area contributed by atoms with Gasteiger partial charge in [-0.3, -0.25) is 0 Å². The van der Waals surface area contributed by atoms with Crippen LogP contribution in [0.25, 0.3) is 0 Å². The molecule has 0 bridgehead atoms. The number of sulfonamides is 1. The maximum atomic E-state index is 11.0. The van der Waals surface area contributed by atoms with Crippen molar-refractivity contribution in [1.82, 2.24) is 9.55 Å².